The van der Waals surface area contributed by atoms with Crippen molar-refractivity contribution in [3.05, 3.63) is 88.9 Å². The molecule has 0 bridgehead atoms. The Morgan fingerprint density at radius 3 is 2.47 bits per heavy atom. The van der Waals surface area contributed by atoms with Crippen molar-refractivity contribution in [3.63, 3.8) is 0 Å². The number of amides is 3. The monoisotopic (exact) mass is 477 g/mol. The van der Waals surface area contributed by atoms with E-state index >= 15 is 0 Å². The number of methoxy groups -OCH3 is 1. The average Bonchev–Trinajstić information content (AvgIpc) is 3.25. The molecule has 8 heteroatoms. The van der Waals surface area contributed by atoms with E-state index in [0.717, 1.165) is 11.3 Å². The van der Waals surface area contributed by atoms with E-state index in [1.807, 2.05) is 24.3 Å². The second-order valence-corrected chi connectivity index (χ2v) is 8.33. The van der Waals surface area contributed by atoms with Gasteiger partial charge in [-0.05, 0) is 42.0 Å². The summed E-state index contributed by atoms with van der Waals surface area (Å²) < 4.78 is 5.14. The molecular weight excluding hydrogens is 454 g/mol. The van der Waals surface area contributed by atoms with Crippen molar-refractivity contribution >= 4 is 40.7 Å². The lowest BCUT2D eigenvalue weighted by atomic mass is 10.1. The van der Waals surface area contributed by atoms with Crippen LogP contribution in [0.15, 0.2) is 72.8 Å². The summed E-state index contributed by atoms with van der Waals surface area (Å²) in [7, 11) is 1.60. The zero-order valence-electron chi connectivity index (χ0n) is 18.6. The third-order valence-electron chi connectivity index (χ3n) is 5.68. The lowest BCUT2D eigenvalue weighted by Crippen LogP contribution is -2.29. The number of carbonyl (C=O) groups excluding carboxylic acids is 3. The maximum Gasteiger partial charge on any atom is 0.253 e. The molecule has 3 amide bonds. The normalized spacial score (nSPS) is 15.2. The summed E-state index contributed by atoms with van der Waals surface area (Å²) in [6, 6.07) is 21.2. The Bertz CT molecular complexity index is 1210. The highest BCUT2D eigenvalue weighted by atomic mass is 35.5. The number of hydrogen-bond donors (Lipinski definition) is 2. The van der Waals surface area contributed by atoms with Gasteiger partial charge in [-0.15, -0.1) is 0 Å². The molecule has 1 heterocycles. The largest absolute Gasteiger partial charge is 0.497 e. The van der Waals surface area contributed by atoms with E-state index in [0.29, 0.717) is 28.5 Å². The maximum absolute atomic E-state index is 13.0. The van der Waals surface area contributed by atoms with Gasteiger partial charge in [0.15, 0.2) is 0 Å². The minimum Gasteiger partial charge on any atom is -0.497 e. The average molecular weight is 478 g/mol. The number of nitrogens with one attached hydrogen (secondary N) is 2. The minimum absolute atomic E-state index is 0.0723. The molecule has 3 aromatic rings. The van der Waals surface area contributed by atoms with E-state index in [4.69, 9.17) is 16.3 Å². The van der Waals surface area contributed by atoms with Crippen LogP contribution in [0.25, 0.3) is 0 Å². The quantitative estimate of drug-likeness (QED) is 0.532. The second-order valence-electron chi connectivity index (χ2n) is 7.92. The van der Waals surface area contributed by atoms with Crippen molar-refractivity contribution in [2.45, 2.75) is 13.0 Å². The molecule has 1 atom stereocenters. The number of nitrogens with zero attached hydrogens (tertiary/aromatic N) is 1. The molecule has 4 rings (SSSR count). The fourth-order valence-corrected chi connectivity index (χ4v) is 4.07. The smallest absolute Gasteiger partial charge is 0.253 e. The Labute approximate surface area is 202 Å². The predicted molar refractivity (Wildman–Crippen MR) is 131 cm³/mol. The number of halogens is 1. The first-order chi connectivity index (χ1) is 16.5. The second kappa shape index (κ2) is 10.4. The number of carbonyl (C=O) groups is 3. The van der Waals surface area contributed by atoms with Crippen molar-refractivity contribution in [1.29, 1.82) is 0 Å². The van der Waals surface area contributed by atoms with Crippen LogP contribution in [0.3, 0.4) is 0 Å². The third kappa shape index (κ3) is 5.21. The predicted octanol–water partition coefficient (Wildman–Crippen LogP) is 4.27. The van der Waals surface area contributed by atoms with E-state index in [-0.39, 0.29) is 30.7 Å². The van der Waals surface area contributed by atoms with Gasteiger partial charge in [0, 0.05) is 19.5 Å². The molecule has 0 aromatic heterocycles. The van der Waals surface area contributed by atoms with Crippen LogP contribution in [0.5, 0.6) is 5.75 Å². The molecule has 1 fully saturated rings. The molecule has 0 spiro atoms. The molecule has 1 saturated heterocycles. The van der Waals surface area contributed by atoms with Gasteiger partial charge in [0.2, 0.25) is 11.8 Å². The first-order valence-corrected chi connectivity index (χ1v) is 11.2. The van der Waals surface area contributed by atoms with Crippen molar-refractivity contribution in [3.8, 4) is 5.75 Å². The molecule has 0 saturated carbocycles. The molecule has 0 unspecified atom stereocenters. The molecule has 0 aliphatic carbocycles. The van der Waals surface area contributed by atoms with Crippen LogP contribution in [0.4, 0.5) is 11.4 Å². The first kappa shape index (κ1) is 23.3. The summed E-state index contributed by atoms with van der Waals surface area (Å²) in [6.07, 6.45) is 0.0723. The SMILES string of the molecule is COc1ccc(CNC(=O)c2ccccc2NC(=O)[C@@H]2CC(=O)N(c3ccccc3Cl)C2)cc1. The van der Waals surface area contributed by atoms with Gasteiger partial charge in [-0.25, -0.2) is 0 Å². The number of para-hydroxylation sites is 2. The van der Waals surface area contributed by atoms with Gasteiger partial charge >= 0.3 is 0 Å². The van der Waals surface area contributed by atoms with Gasteiger partial charge in [0.05, 0.1) is 35.0 Å². The van der Waals surface area contributed by atoms with E-state index in [9.17, 15) is 14.4 Å². The van der Waals surface area contributed by atoms with Crippen LogP contribution in [0.2, 0.25) is 5.02 Å². The standard InChI is InChI=1S/C26H24ClN3O4/c1-34-19-12-10-17(11-13-19)15-28-26(33)20-6-2-4-8-22(20)29-25(32)18-14-24(31)30(16-18)23-9-5-3-7-21(23)27/h2-13,18H,14-16H2,1H3,(H,28,33)(H,29,32)/t18-/m1/s1. The topological polar surface area (TPSA) is 87.7 Å². The first-order valence-electron chi connectivity index (χ1n) is 10.8. The van der Waals surface area contributed by atoms with Crippen LogP contribution in [0.1, 0.15) is 22.3 Å². The number of hydrogen-bond acceptors (Lipinski definition) is 4. The highest BCUT2D eigenvalue weighted by Crippen LogP contribution is 2.31. The molecule has 2 N–H and O–H groups in total. The van der Waals surface area contributed by atoms with Gasteiger partial charge in [0.25, 0.3) is 5.91 Å². The zero-order valence-corrected chi connectivity index (χ0v) is 19.3. The lowest BCUT2D eigenvalue weighted by Gasteiger charge is -2.18. The van der Waals surface area contributed by atoms with Crippen molar-refractivity contribution < 1.29 is 19.1 Å². The summed E-state index contributed by atoms with van der Waals surface area (Å²) in [5, 5.41) is 6.15. The van der Waals surface area contributed by atoms with E-state index in [2.05, 4.69) is 10.6 Å². The lowest BCUT2D eigenvalue weighted by molar-refractivity contribution is -0.122. The zero-order chi connectivity index (χ0) is 24.1. The summed E-state index contributed by atoms with van der Waals surface area (Å²) in [5.41, 5.74) is 2.24. The molecule has 1 aliphatic heterocycles. The fourth-order valence-electron chi connectivity index (χ4n) is 3.83. The Kier molecular flexibility index (Phi) is 7.13. The van der Waals surface area contributed by atoms with Crippen LogP contribution in [-0.2, 0) is 16.1 Å². The highest BCUT2D eigenvalue weighted by Gasteiger charge is 2.36. The molecule has 7 nitrogen and oxygen atoms in total. The minimum atomic E-state index is -0.556. The van der Waals surface area contributed by atoms with Crippen LogP contribution < -0.4 is 20.3 Å². The summed E-state index contributed by atoms with van der Waals surface area (Å²) >= 11 is 6.23. The number of rotatable bonds is 7. The molecule has 34 heavy (non-hydrogen) atoms. The molecule has 174 valence electrons. The van der Waals surface area contributed by atoms with E-state index in [1.54, 1.807) is 55.6 Å². The van der Waals surface area contributed by atoms with Gasteiger partial charge in [-0.1, -0.05) is 48.0 Å². The summed E-state index contributed by atoms with van der Waals surface area (Å²) in [6.45, 7) is 0.551. The van der Waals surface area contributed by atoms with Crippen LogP contribution in [-0.4, -0.2) is 31.4 Å². The van der Waals surface area contributed by atoms with Gasteiger partial charge in [-0.3, -0.25) is 14.4 Å². The Morgan fingerprint density at radius 2 is 1.74 bits per heavy atom. The van der Waals surface area contributed by atoms with Gasteiger partial charge in [-0.2, -0.15) is 0 Å². The Morgan fingerprint density at radius 1 is 1.03 bits per heavy atom. The number of ether oxygens (including phenoxy) is 1. The van der Waals surface area contributed by atoms with E-state index < -0.39 is 5.92 Å². The van der Waals surface area contributed by atoms with Crippen molar-refractivity contribution in [2.75, 3.05) is 23.9 Å². The summed E-state index contributed by atoms with van der Waals surface area (Å²) in [5.74, 6) is -0.621. The highest BCUT2D eigenvalue weighted by molar-refractivity contribution is 6.34. The number of benzene rings is 3. The van der Waals surface area contributed by atoms with Crippen LogP contribution in [0, 0.1) is 5.92 Å². The number of anilines is 2. The Balaban J connectivity index is 1.41. The molecule has 0 radical (unpaired) electrons. The van der Waals surface area contributed by atoms with Crippen molar-refractivity contribution in [2.24, 2.45) is 5.92 Å². The molecular formula is C26H24ClN3O4. The molecule has 1 aliphatic rings. The summed E-state index contributed by atoms with van der Waals surface area (Å²) in [4.78, 5) is 39.9. The fraction of sp³-hybridized carbons (Fsp3) is 0.192. The van der Waals surface area contributed by atoms with Gasteiger partial charge in [0.1, 0.15) is 5.75 Å². The van der Waals surface area contributed by atoms with Gasteiger partial charge < -0.3 is 20.3 Å². The van der Waals surface area contributed by atoms with Crippen LogP contribution >= 0.6 is 11.6 Å². The molecule has 3 aromatic carbocycles. The maximum atomic E-state index is 13.0. The van der Waals surface area contributed by atoms with E-state index in [1.165, 1.54) is 4.90 Å². The third-order valence-corrected chi connectivity index (χ3v) is 6.00. The van der Waals surface area contributed by atoms with Crippen molar-refractivity contribution in [1.82, 2.24) is 5.32 Å². The Hall–Kier alpha value is -3.84.